The van der Waals surface area contributed by atoms with Gasteiger partial charge in [-0.25, -0.2) is 0 Å². The minimum Gasteiger partial charge on any atom is -0.297 e. The first kappa shape index (κ1) is 15.8. The van der Waals surface area contributed by atoms with Gasteiger partial charge in [0, 0.05) is 18.7 Å². The molecule has 0 bridgehead atoms. The lowest BCUT2D eigenvalue weighted by Gasteiger charge is -2.37. The molecule has 0 saturated heterocycles. The number of hydrogen-bond donors (Lipinski definition) is 1. The molecule has 1 aromatic rings. The molecule has 4 nitrogen and oxygen atoms in total. The maximum Gasteiger partial charge on any atom is 0.435 e. The summed E-state index contributed by atoms with van der Waals surface area (Å²) in [5.41, 5.74) is -1.56. The van der Waals surface area contributed by atoms with Crippen molar-refractivity contribution >= 4 is 0 Å². The van der Waals surface area contributed by atoms with Crippen LogP contribution in [-0.4, -0.2) is 21.4 Å². The Kier molecular flexibility index (Phi) is 4.28. The number of rotatable bonds is 3. The molecule has 0 aliphatic heterocycles. The summed E-state index contributed by atoms with van der Waals surface area (Å²) in [5, 5.41) is 16.4. The Morgan fingerprint density at radius 1 is 1.52 bits per heavy atom. The highest BCUT2D eigenvalue weighted by Crippen LogP contribution is 2.36. The summed E-state index contributed by atoms with van der Waals surface area (Å²) in [6.07, 6.45) is -0.355. The molecule has 1 heterocycles. The quantitative estimate of drug-likeness (QED) is 0.932. The van der Waals surface area contributed by atoms with Gasteiger partial charge in [0.15, 0.2) is 5.69 Å². The van der Waals surface area contributed by atoms with Gasteiger partial charge in [-0.05, 0) is 39.2 Å². The first-order chi connectivity index (χ1) is 9.76. The molecule has 2 atom stereocenters. The lowest BCUT2D eigenvalue weighted by Crippen LogP contribution is -2.50. The van der Waals surface area contributed by atoms with E-state index in [2.05, 4.69) is 16.5 Å². The van der Waals surface area contributed by atoms with Crippen LogP contribution in [0.15, 0.2) is 12.3 Å². The normalized spacial score (nSPS) is 26.8. The van der Waals surface area contributed by atoms with Gasteiger partial charge < -0.3 is 0 Å². The van der Waals surface area contributed by atoms with E-state index in [0.717, 1.165) is 18.9 Å². The molecule has 0 spiro atoms. The molecule has 1 aromatic heterocycles. The van der Waals surface area contributed by atoms with Crippen LogP contribution in [0.2, 0.25) is 0 Å². The van der Waals surface area contributed by atoms with Gasteiger partial charge >= 0.3 is 6.18 Å². The topological polar surface area (TPSA) is 53.6 Å². The average Bonchev–Trinajstić information content (AvgIpc) is 2.87. The van der Waals surface area contributed by atoms with Crippen LogP contribution in [0.25, 0.3) is 0 Å². The lowest BCUT2D eigenvalue weighted by molar-refractivity contribution is -0.141. The van der Waals surface area contributed by atoms with Crippen molar-refractivity contribution in [3.05, 3.63) is 18.0 Å². The summed E-state index contributed by atoms with van der Waals surface area (Å²) < 4.78 is 39.2. The standard InChI is InChI=1S/C14H19F3N4/c1-10(2)19-13(9-18)6-3-4-11(8-13)21-7-5-12(20-21)14(15,16)17/h5,7,10-11,19H,3-4,6,8H2,1-2H3. The molecule has 1 aliphatic carbocycles. The number of nitrogens with zero attached hydrogens (tertiary/aromatic N) is 3. The van der Waals surface area contributed by atoms with Crippen molar-refractivity contribution in [1.29, 1.82) is 5.26 Å². The molecular weight excluding hydrogens is 281 g/mol. The van der Waals surface area contributed by atoms with Crippen molar-refractivity contribution in [3.63, 3.8) is 0 Å². The average molecular weight is 300 g/mol. The Morgan fingerprint density at radius 3 is 2.76 bits per heavy atom. The minimum atomic E-state index is -4.43. The van der Waals surface area contributed by atoms with E-state index in [4.69, 9.17) is 0 Å². The Hall–Kier alpha value is -1.55. The van der Waals surface area contributed by atoms with Gasteiger partial charge in [0.05, 0.1) is 12.1 Å². The highest BCUT2D eigenvalue weighted by Gasteiger charge is 2.39. The van der Waals surface area contributed by atoms with Gasteiger partial charge in [-0.3, -0.25) is 10.00 Å². The zero-order valence-electron chi connectivity index (χ0n) is 12.1. The maximum absolute atomic E-state index is 12.6. The summed E-state index contributed by atoms with van der Waals surface area (Å²) in [7, 11) is 0. The fourth-order valence-electron chi connectivity index (χ4n) is 2.98. The van der Waals surface area contributed by atoms with Crippen molar-refractivity contribution in [1.82, 2.24) is 15.1 Å². The van der Waals surface area contributed by atoms with Gasteiger partial charge in [0.1, 0.15) is 5.54 Å². The van der Waals surface area contributed by atoms with Gasteiger partial charge in [0.25, 0.3) is 0 Å². The van der Waals surface area contributed by atoms with Crippen LogP contribution in [0, 0.1) is 11.3 Å². The Labute approximate surface area is 121 Å². The number of nitriles is 1. The van der Waals surface area contributed by atoms with Gasteiger partial charge in [0.2, 0.25) is 0 Å². The Balaban J connectivity index is 2.18. The molecule has 0 amide bonds. The molecule has 1 aliphatic rings. The zero-order valence-corrected chi connectivity index (χ0v) is 12.1. The Bertz CT molecular complexity index is 529. The monoisotopic (exact) mass is 300 g/mol. The second-order valence-electron chi connectivity index (χ2n) is 5.92. The van der Waals surface area contributed by atoms with Crippen molar-refractivity contribution in [2.75, 3.05) is 0 Å². The molecule has 116 valence electrons. The van der Waals surface area contributed by atoms with Crippen molar-refractivity contribution in [3.8, 4) is 6.07 Å². The van der Waals surface area contributed by atoms with E-state index in [1.807, 2.05) is 13.8 Å². The van der Waals surface area contributed by atoms with Crippen LogP contribution in [-0.2, 0) is 6.18 Å². The van der Waals surface area contributed by atoms with E-state index in [0.29, 0.717) is 12.8 Å². The molecule has 2 unspecified atom stereocenters. The van der Waals surface area contributed by atoms with E-state index in [-0.39, 0.29) is 12.1 Å². The first-order valence-electron chi connectivity index (χ1n) is 7.07. The molecule has 7 heteroatoms. The van der Waals surface area contributed by atoms with E-state index in [1.54, 1.807) is 0 Å². The first-order valence-corrected chi connectivity index (χ1v) is 7.07. The third kappa shape index (κ3) is 3.56. The highest BCUT2D eigenvalue weighted by atomic mass is 19.4. The largest absolute Gasteiger partial charge is 0.435 e. The van der Waals surface area contributed by atoms with Crippen molar-refractivity contribution in [2.24, 2.45) is 0 Å². The van der Waals surface area contributed by atoms with E-state index >= 15 is 0 Å². The van der Waals surface area contributed by atoms with Crippen LogP contribution in [0.1, 0.15) is 51.3 Å². The summed E-state index contributed by atoms with van der Waals surface area (Å²) in [6, 6.07) is 3.26. The van der Waals surface area contributed by atoms with Crippen LogP contribution in [0.3, 0.4) is 0 Å². The van der Waals surface area contributed by atoms with Crippen molar-refractivity contribution < 1.29 is 13.2 Å². The lowest BCUT2D eigenvalue weighted by atomic mass is 9.79. The van der Waals surface area contributed by atoms with E-state index < -0.39 is 17.4 Å². The van der Waals surface area contributed by atoms with Gasteiger partial charge in [-0.1, -0.05) is 0 Å². The fourth-order valence-corrected chi connectivity index (χ4v) is 2.98. The number of hydrogen-bond acceptors (Lipinski definition) is 3. The SMILES string of the molecule is CC(C)NC1(C#N)CCCC(n2ccc(C(F)(F)F)n2)C1. The van der Waals surface area contributed by atoms with E-state index in [1.165, 1.54) is 10.9 Å². The number of alkyl halides is 3. The molecular formula is C14H19F3N4. The van der Waals surface area contributed by atoms with Crippen LogP contribution in [0.4, 0.5) is 13.2 Å². The molecule has 2 rings (SSSR count). The number of nitrogens with one attached hydrogen (secondary N) is 1. The molecule has 1 N–H and O–H groups in total. The second kappa shape index (κ2) is 5.68. The minimum absolute atomic E-state index is 0.145. The predicted molar refractivity (Wildman–Crippen MR) is 71.3 cm³/mol. The third-order valence-corrected chi connectivity index (χ3v) is 3.78. The third-order valence-electron chi connectivity index (χ3n) is 3.78. The number of halogens is 3. The van der Waals surface area contributed by atoms with Gasteiger partial charge in [-0.15, -0.1) is 0 Å². The molecule has 1 fully saturated rings. The van der Waals surface area contributed by atoms with Crippen LogP contribution < -0.4 is 5.32 Å². The smallest absolute Gasteiger partial charge is 0.297 e. The summed E-state index contributed by atoms with van der Waals surface area (Å²) >= 11 is 0. The number of aromatic nitrogens is 2. The Morgan fingerprint density at radius 2 is 2.24 bits per heavy atom. The van der Waals surface area contributed by atoms with Crippen LogP contribution >= 0.6 is 0 Å². The van der Waals surface area contributed by atoms with Gasteiger partial charge in [-0.2, -0.15) is 23.5 Å². The summed E-state index contributed by atoms with van der Waals surface area (Å²) in [5.74, 6) is 0. The fraction of sp³-hybridized carbons (Fsp3) is 0.714. The zero-order chi connectivity index (χ0) is 15.7. The molecule has 1 saturated carbocycles. The predicted octanol–water partition coefficient (Wildman–Crippen LogP) is 3.28. The maximum atomic E-state index is 12.6. The van der Waals surface area contributed by atoms with Crippen molar-refractivity contribution in [2.45, 2.75) is 63.3 Å². The van der Waals surface area contributed by atoms with Crippen LogP contribution in [0.5, 0.6) is 0 Å². The molecule has 0 radical (unpaired) electrons. The van der Waals surface area contributed by atoms with E-state index in [9.17, 15) is 18.4 Å². The highest BCUT2D eigenvalue weighted by molar-refractivity contribution is 5.12. The molecule has 0 aromatic carbocycles. The molecule has 21 heavy (non-hydrogen) atoms. The summed E-state index contributed by atoms with van der Waals surface area (Å²) in [4.78, 5) is 0. The summed E-state index contributed by atoms with van der Waals surface area (Å²) in [6.45, 7) is 3.91. The second-order valence-corrected chi connectivity index (χ2v) is 5.92.